The van der Waals surface area contributed by atoms with Gasteiger partial charge in [-0.05, 0) is 88.4 Å². The summed E-state index contributed by atoms with van der Waals surface area (Å²) in [4.78, 5) is 22.1. The molecule has 3 heterocycles. The van der Waals surface area contributed by atoms with E-state index in [1.165, 1.54) is 40.6 Å². The number of carbonyl (C=O) groups is 1. The molecule has 0 bridgehead atoms. The van der Waals surface area contributed by atoms with E-state index in [1.807, 2.05) is 6.20 Å². The molecule has 0 atom stereocenters. The lowest BCUT2D eigenvalue weighted by Gasteiger charge is -2.36. The first-order valence-corrected chi connectivity index (χ1v) is 15.6. The molecule has 5 rings (SSSR count). The number of fused-ring (bicyclic) bond motifs is 1. The number of anilines is 3. The summed E-state index contributed by atoms with van der Waals surface area (Å²) in [6, 6.07) is 20.5. The molecule has 0 unspecified atom stereocenters. The Bertz CT molecular complexity index is 1420. The van der Waals surface area contributed by atoms with Crippen LogP contribution >= 0.6 is 7.92 Å². The lowest BCUT2D eigenvalue weighted by molar-refractivity contribution is -0.134. The van der Waals surface area contributed by atoms with Crippen LogP contribution in [0.4, 0.5) is 17.1 Å². The van der Waals surface area contributed by atoms with Crippen LogP contribution in [0.2, 0.25) is 0 Å². The molecule has 4 aromatic rings. The quantitative estimate of drug-likeness (QED) is 0.248. The standard InChI is InChI=1S/C29H36N5P.C2H4O2/c1-20-18-22(34-16-13-21(14-17-34)33(2)3)10-11-23(20)27-19-24-25(12-15-30-29(24)32-27)31-26-8-6-7-9-28(26)35(4)5;1-2(3)4/h6-12,15,18-19,21H,13-14,16-17H2,1-5H3,(H2,30,31,32);1H3,(H,3,4). The maximum Gasteiger partial charge on any atom is 0.300 e. The number of pyridine rings is 1. The Labute approximate surface area is 233 Å². The predicted molar refractivity (Wildman–Crippen MR) is 167 cm³/mol. The average molecular weight is 546 g/mol. The van der Waals surface area contributed by atoms with E-state index in [0.717, 1.165) is 42.4 Å². The Balaban J connectivity index is 0.000000826. The van der Waals surface area contributed by atoms with E-state index >= 15 is 0 Å². The highest BCUT2D eigenvalue weighted by molar-refractivity contribution is 7.64. The van der Waals surface area contributed by atoms with E-state index in [0.29, 0.717) is 6.04 Å². The van der Waals surface area contributed by atoms with Crippen molar-refractivity contribution in [3.8, 4) is 11.3 Å². The van der Waals surface area contributed by atoms with Gasteiger partial charge >= 0.3 is 0 Å². The summed E-state index contributed by atoms with van der Waals surface area (Å²) in [5.41, 5.74) is 8.12. The number of rotatable bonds is 6. The van der Waals surface area contributed by atoms with Gasteiger partial charge in [0, 0.05) is 60.3 Å². The molecular formula is C31H40N5O2P. The van der Waals surface area contributed by atoms with Crippen LogP contribution in [0, 0.1) is 6.92 Å². The molecule has 3 N–H and O–H groups in total. The highest BCUT2D eigenvalue weighted by atomic mass is 31.1. The van der Waals surface area contributed by atoms with Crippen LogP contribution < -0.4 is 15.5 Å². The van der Waals surface area contributed by atoms with E-state index in [9.17, 15) is 0 Å². The summed E-state index contributed by atoms with van der Waals surface area (Å²) in [6.07, 6.45) is 4.32. The normalized spacial score (nSPS) is 14.0. The molecule has 2 aromatic heterocycles. The van der Waals surface area contributed by atoms with Crippen molar-refractivity contribution in [3.63, 3.8) is 0 Å². The largest absolute Gasteiger partial charge is 0.481 e. The first-order valence-electron chi connectivity index (χ1n) is 13.4. The van der Waals surface area contributed by atoms with Gasteiger partial charge in [-0.2, -0.15) is 0 Å². The number of aliphatic carboxylic acids is 1. The van der Waals surface area contributed by atoms with Crippen LogP contribution in [0.5, 0.6) is 0 Å². The highest BCUT2D eigenvalue weighted by Gasteiger charge is 2.21. The van der Waals surface area contributed by atoms with Crippen molar-refractivity contribution < 1.29 is 9.90 Å². The monoisotopic (exact) mass is 545 g/mol. The summed E-state index contributed by atoms with van der Waals surface area (Å²) < 4.78 is 0. The smallest absolute Gasteiger partial charge is 0.300 e. The Kier molecular flexibility index (Phi) is 9.26. The number of hydrogen-bond acceptors (Lipinski definition) is 5. The number of aromatic amines is 1. The third kappa shape index (κ3) is 6.97. The predicted octanol–water partition coefficient (Wildman–Crippen LogP) is 6.27. The number of piperidine rings is 1. The van der Waals surface area contributed by atoms with Gasteiger partial charge in [-0.25, -0.2) is 4.98 Å². The van der Waals surface area contributed by atoms with Crippen molar-refractivity contribution in [1.82, 2.24) is 14.9 Å². The molecule has 0 radical (unpaired) electrons. The first kappa shape index (κ1) is 28.6. The van der Waals surface area contributed by atoms with Crippen molar-refractivity contribution in [2.75, 3.05) is 50.7 Å². The summed E-state index contributed by atoms with van der Waals surface area (Å²) in [6.45, 7) is 10.1. The molecule has 0 aliphatic carbocycles. The molecular weight excluding hydrogens is 505 g/mol. The SMILES string of the molecule is CC(=O)O.Cc1cc(N2CCC(N(C)C)CC2)ccc1-c1cc2c(Nc3ccccc3P(C)C)ccnc2[nH]1. The number of hydrogen-bond donors (Lipinski definition) is 3. The molecule has 1 fully saturated rings. The molecule has 0 spiro atoms. The van der Waals surface area contributed by atoms with Gasteiger partial charge in [-0.1, -0.05) is 32.2 Å². The van der Waals surface area contributed by atoms with Crippen molar-refractivity contribution >= 4 is 47.3 Å². The number of aromatic nitrogens is 2. The second-order valence-corrected chi connectivity index (χ2v) is 12.8. The van der Waals surface area contributed by atoms with Gasteiger partial charge in [0.25, 0.3) is 5.97 Å². The molecule has 8 heteroatoms. The lowest BCUT2D eigenvalue weighted by atomic mass is 10.0. The van der Waals surface area contributed by atoms with Gasteiger partial charge in [0.05, 0.1) is 5.69 Å². The number of benzene rings is 2. The highest BCUT2D eigenvalue weighted by Crippen LogP contribution is 2.35. The van der Waals surface area contributed by atoms with Crippen LogP contribution in [0.25, 0.3) is 22.3 Å². The lowest BCUT2D eigenvalue weighted by Crippen LogP contribution is -2.42. The van der Waals surface area contributed by atoms with Crippen molar-refractivity contribution in [2.45, 2.75) is 32.7 Å². The zero-order chi connectivity index (χ0) is 28.1. The maximum absolute atomic E-state index is 9.00. The number of aryl methyl sites for hydroxylation is 1. The van der Waals surface area contributed by atoms with Crippen molar-refractivity contribution in [2.24, 2.45) is 0 Å². The number of nitrogens with one attached hydrogen (secondary N) is 2. The third-order valence-corrected chi connectivity index (χ3v) is 8.60. The molecule has 7 nitrogen and oxygen atoms in total. The molecule has 1 aliphatic heterocycles. The summed E-state index contributed by atoms with van der Waals surface area (Å²) in [5.74, 6) is -0.833. The second-order valence-electron chi connectivity index (χ2n) is 10.5. The number of H-pyrrole nitrogens is 1. The molecule has 206 valence electrons. The van der Waals surface area contributed by atoms with E-state index < -0.39 is 5.97 Å². The summed E-state index contributed by atoms with van der Waals surface area (Å²) in [7, 11) is 4.19. The summed E-state index contributed by atoms with van der Waals surface area (Å²) in [5, 5.41) is 13.6. The fourth-order valence-corrected chi connectivity index (χ4v) is 6.18. The number of carboxylic acid groups (broad SMARTS) is 1. The average Bonchev–Trinajstić information content (AvgIpc) is 3.33. The zero-order valence-corrected chi connectivity index (χ0v) is 24.7. The van der Waals surface area contributed by atoms with E-state index in [4.69, 9.17) is 9.90 Å². The number of para-hydroxylation sites is 1. The number of nitrogens with zero attached hydrogens (tertiary/aromatic N) is 3. The molecule has 0 amide bonds. The van der Waals surface area contributed by atoms with Crippen LogP contribution in [0.15, 0.2) is 60.8 Å². The molecule has 1 saturated heterocycles. The fraction of sp³-hybridized carbons (Fsp3) is 0.355. The summed E-state index contributed by atoms with van der Waals surface area (Å²) >= 11 is 0. The maximum atomic E-state index is 9.00. The van der Waals surface area contributed by atoms with Gasteiger partial charge in [0.15, 0.2) is 0 Å². The van der Waals surface area contributed by atoms with E-state index in [1.54, 1.807) is 0 Å². The second kappa shape index (κ2) is 12.6. The molecule has 0 saturated carbocycles. The van der Waals surface area contributed by atoms with Crippen LogP contribution in [0.3, 0.4) is 0 Å². The Morgan fingerprint density at radius 2 is 1.77 bits per heavy atom. The Hall–Kier alpha value is -3.41. The van der Waals surface area contributed by atoms with Crippen molar-refractivity contribution in [1.29, 1.82) is 0 Å². The first-order chi connectivity index (χ1) is 18.6. The minimum absolute atomic E-state index is 0.198. The van der Waals surface area contributed by atoms with Crippen LogP contribution in [-0.2, 0) is 4.79 Å². The Morgan fingerprint density at radius 3 is 2.41 bits per heavy atom. The fourth-order valence-electron chi connectivity index (χ4n) is 5.18. The van der Waals surface area contributed by atoms with Gasteiger partial charge in [0.2, 0.25) is 0 Å². The zero-order valence-electron chi connectivity index (χ0n) is 23.8. The van der Waals surface area contributed by atoms with Gasteiger partial charge < -0.3 is 25.2 Å². The van der Waals surface area contributed by atoms with Gasteiger partial charge in [-0.15, -0.1) is 0 Å². The van der Waals surface area contributed by atoms with E-state index in [2.05, 4.69) is 114 Å². The molecule has 39 heavy (non-hydrogen) atoms. The minimum atomic E-state index is -0.833. The van der Waals surface area contributed by atoms with Crippen LogP contribution in [0.1, 0.15) is 25.3 Å². The third-order valence-electron chi connectivity index (χ3n) is 7.25. The molecule has 2 aromatic carbocycles. The minimum Gasteiger partial charge on any atom is -0.481 e. The van der Waals surface area contributed by atoms with Gasteiger partial charge in [-0.3, -0.25) is 4.79 Å². The Morgan fingerprint density at radius 1 is 1.08 bits per heavy atom. The molecule has 1 aliphatic rings. The van der Waals surface area contributed by atoms with Crippen LogP contribution in [-0.4, -0.2) is 72.5 Å². The van der Waals surface area contributed by atoms with Crippen molar-refractivity contribution in [3.05, 3.63) is 66.4 Å². The number of carboxylic acids is 1. The van der Waals surface area contributed by atoms with Gasteiger partial charge in [0.1, 0.15) is 5.65 Å². The topological polar surface area (TPSA) is 84.5 Å². The van der Waals surface area contributed by atoms with E-state index in [-0.39, 0.29) is 7.92 Å².